The van der Waals surface area contributed by atoms with Crippen LogP contribution in [0.4, 0.5) is 5.69 Å². The molecule has 0 radical (unpaired) electrons. The lowest BCUT2D eigenvalue weighted by Crippen LogP contribution is -2.22. The number of methoxy groups -OCH3 is 2. The Morgan fingerprint density at radius 3 is 2.00 bits per heavy atom. The highest BCUT2D eigenvalue weighted by atomic mass is 35.5. The Balaban J connectivity index is 1.61. The number of amides is 1. The van der Waals surface area contributed by atoms with Crippen molar-refractivity contribution in [3.63, 3.8) is 0 Å². The summed E-state index contributed by atoms with van der Waals surface area (Å²) in [6, 6.07) is 20.3. The number of benzene rings is 3. The molecule has 0 saturated heterocycles. The van der Waals surface area contributed by atoms with Crippen LogP contribution in [0.3, 0.4) is 0 Å². The van der Waals surface area contributed by atoms with Crippen molar-refractivity contribution in [2.75, 3.05) is 19.5 Å². The van der Waals surface area contributed by atoms with Gasteiger partial charge in [0.15, 0.2) is 5.16 Å². The molecular weight excluding hydrogens is 505 g/mol. The highest BCUT2D eigenvalue weighted by molar-refractivity contribution is 8.00. The van der Waals surface area contributed by atoms with Crippen LogP contribution in [0.5, 0.6) is 11.5 Å². The molecule has 9 heteroatoms. The van der Waals surface area contributed by atoms with E-state index in [1.807, 2.05) is 55.5 Å². The highest BCUT2D eigenvalue weighted by Gasteiger charge is 2.20. The first kappa shape index (κ1) is 25.0. The van der Waals surface area contributed by atoms with Gasteiger partial charge in [-0.2, -0.15) is 0 Å². The third-order valence-electron chi connectivity index (χ3n) is 5.21. The van der Waals surface area contributed by atoms with Gasteiger partial charge in [0.25, 0.3) is 0 Å². The number of aromatic amines is 1. The molecule has 2 N–H and O–H groups in total. The fraction of sp³-hybridized carbons (Fsp3) is 0.154. The van der Waals surface area contributed by atoms with Crippen LogP contribution >= 0.6 is 35.0 Å². The van der Waals surface area contributed by atoms with Crippen molar-refractivity contribution in [3.8, 4) is 34.0 Å². The lowest BCUT2D eigenvalue weighted by Gasteiger charge is -2.11. The first-order chi connectivity index (χ1) is 16.9. The molecule has 1 unspecified atom stereocenters. The zero-order valence-corrected chi connectivity index (χ0v) is 21.6. The lowest BCUT2D eigenvalue weighted by atomic mass is 10.0. The molecule has 0 saturated carbocycles. The molecular formula is C26H23Cl2N3O3S. The Bertz CT molecular complexity index is 1240. The van der Waals surface area contributed by atoms with E-state index in [-0.39, 0.29) is 5.91 Å². The van der Waals surface area contributed by atoms with Gasteiger partial charge < -0.3 is 19.8 Å². The van der Waals surface area contributed by atoms with Crippen LogP contribution in [0.2, 0.25) is 10.0 Å². The van der Waals surface area contributed by atoms with E-state index in [0.717, 1.165) is 34.0 Å². The second kappa shape index (κ2) is 11.1. The summed E-state index contributed by atoms with van der Waals surface area (Å²) in [5.41, 5.74) is 4.02. The summed E-state index contributed by atoms with van der Waals surface area (Å²) < 4.78 is 10.6. The predicted octanol–water partition coefficient (Wildman–Crippen LogP) is 7.19. The number of ether oxygens (including phenoxy) is 2. The SMILES string of the molecule is COc1ccc(-c2nc(SC(C)C(=O)Nc3cc(Cl)cc(Cl)c3)[nH]c2-c2ccc(OC)cc2)cc1. The van der Waals surface area contributed by atoms with Gasteiger partial charge in [0, 0.05) is 26.9 Å². The molecule has 0 spiro atoms. The molecule has 35 heavy (non-hydrogen) atoms. The maximum atomic E-state index is 12.8. The molecule has 1 heterocycles. The third-order valence-corrected chi connectivity index (χ3v) is 6.63. The maximum Gasteiger partial charge on any atom is 0.237 e. The van der Waals surface area contributed by atoms with E-state index >= 15 is 0 Å². The zero-order chi connectivity index (χ0) is 24.9. The second-order valence-electron chi connectivity index (χ2n) is 7.63. The van der Waals surface area contributed by atoms with Crippen LogP contribution in [-0.2, 0) is 4.79 Å². The fourth-order valence-electron chi connectivity index (χ4n) is 3.42. The number of hydrogen-bond donors (Lipinski definition) is 2. The molecule has 0 aliphatic carbocycles. The Morgan fingerprint density at radius 2 is 1.46 bits per heavy atom. The highest BCUT2D eigenvalue weighted by Crippen LogP contribution is 2.35. The first-order valence-corrected chi connectivity index (χ1v) is 12.3. The van der Waals surface area contributed by atoms with Gasteiger partial charge >= 0.3 is 0 Å². The van der Waals surface area contributed by atoms with E-state index in [2.05, 4.69) is 10.3 Å². The van der Waals surface area contributed by atoms with Crippen molar-refractivity contribution >= 4 is 46.6 Å². The van der Waals surface area contributed by atoms with Crippen molar-refractivity contribution in [3.05, 3.63) is 76.8 Å². The van der Waals surface area contributed by atoms with Crippen LogP contribution in [0.15, 0.2) is 71.9 Å². The van der Waals surface area contributed by atoms with Crippen molar-refractivity contribution in [1.29, 1.82) is 0 Å². The van der Waals surface area contributed by atoms with E-state index in [1.165, 1.54) is 11.8 Å². The Kier molecular flexibility index (Phi) is 7.90. The summed E-state index contributed by atoms with van der Waals surface area (Å²) in [5.74, 6) is 1.33. The number of nitrogens with one attached hydrogen (secondary N) is 2. The average molecular weight is 528 g/mol. The standard InChI is InChI=1S/C26H23Cl2N3O3S/c1-15(25(32)29-20-13-18(27)12-19(28)14-20)35-26-30-23(16-4-8-21(33-2)9-5-16)24(31-26)17-6-10-22(34-3)11-7-17/h4-15H,1-3H3,(H,29,32)(H,30,31). The number of hydrogen-bond acceptors (Lipinski definition) is 5. The molecule has 4 aromatic rings. The quantitative estimate of drug-likeness (QED) is 0.237. The second-order valence-corrected chi connectivity index (χ2v) is 9.83. The minimum Gasteiger partial charge on any atom is -0.497 e. The van der Waals surface area contributed by atoms with Crippen molar-refractivity contribution < 1.29 is 14.3 Å². The van der Waals surface area contributed by atoms with Gasteiger partial charge in [0.1, 0.15) is 11.5 Å². The van der Waals surface area contributed by atoms with E-state index in [0.29, 0.717) is 20.9 Å². The molecule has 180 valence electrons. The summed E-state index contributed by atoms with van der Waals surface area (Å²) in [6.07, 6.45) is 0. The molecule has 0 aliphatic heterocycles. The third kappa shape index (κ3) is 6.11. The summed E-state index contributed by atoms with van der Waals surface area (Å²) in [4.78, 5) is 21.0. The number of imidazole rings is 1. The molecule has 0 aliphatic rings. The number of anilines is 1. The summed E-state index contributed by atoms with van der Waals surface area (Å²) in [7, 11) is 3.26. The molecule has 1 amide bonds. The van der Waals surface area contributed by atoms with E-state index < -0.39 is 5.25 Å². The number of carbonyl (C=O) groups excluding carboxylic acids is 1. The van der Waals surface area contributed by atoms with Crippen molar-refractivity contribution in [2.24, 2.45) is 0 Å². The van der Waals surface area contributed by atoms with Crippen LogP contribution in [0.25, 0.3) is 22.5 Å². The van der Waals surface area contributed by atoms with Gasteiger partial charge in [-0.3, -0.25) is 4.79 Å². The minimum absolute atomic E-state index is 0.193. The van der Waals surface area contributed by atoms with E-state index in [1.54, 1.807) is 32.4 Å². The van der Waals surface area contributed by atoms with Crippen LogP contribution in [0, 0.1) is 0 Å². The van der Waals surface area contributed by atoms with Gasteiger partial charge in [-0.05, 0) is 73.7 Å². The molecule has 3 aromatic carbocycles. The van der Waals surface area contributed by atoms with Gasteiger partial charge in [0.2, 0.25) is 5.91 Å². The monoisotopic (exact) mass is 527 g/mol. The van der Waals surface area contributed by atoms with Crippen LogP contribution < -0.4 is 14.8 Å². The molecule has 1 aromatic heterocycles. The number of H-pyrrole nitrogens is 1. The normalized spacial score (nSPS) is 11.7. The molecule has 0 bridgehead atoms. The van der Waals surface area contributed by atoms with Gasteiger partial charge in [0.05, 0.1) is 30.9 Å². The lowest BCUT2D eigenvalue weighted by molar-refractivity contribution is -0.115. The summed E-state index contributed by atoms with van der Waals surface area (Å²) in [6.45, 7) is 1.81. The number of thioether (sulfide) groups is 1. The number of nitrogens with zero attached hydrogens (tertiary/aromatic N) is 1. The van der Waals surface area contributed by atoms with Gasteiger partial charge in [-0.25, -0.2) is 4.98 Å². The topological polar surface area (TPSA) is 76.2 Å². The average Bonchev–Trinajstić information content (AvgIpc) is 3.27. The van der Waals surface area contributed by atoms with Crippen LogP contribution in [-0.4, -0.2) is 35.3 Å². The zero-order valence-electron chi connectivity index (χ0n) is 19.3. The fourth-order valence-corrected chi connectivity index (χ4v) is 4.75. The Hall–Kier alpha value is -3.13. The van der Waals surface area contributed by atoms with Crippen molar-refractivity contribution in [2.45, 2.75) is 17.3 Å². The van der Waals surface area contributed by atoms with E-state index in [9.17, 15) is 4.79 Å². The number of aromatic nitrogens is 2. The van der Waals surface area contributed by atoms with Gasteiger partial charge in [-0.15, -0.1) is 0 Å². The van der Waals surface area contributed by atoms with Gasteiger partial charge in [-0.1, -0.05) is 35.0 Å². The summed E-state index contributed by atoms with van der Waals surface area (Å²) in [5, 5.41) is 3.94. The smallest absolute Gasteiger partial charge is 0.237 e. The molecule has 1 atom stereocenters. The Morgan fingerprint density at radius 1 is 0.914 bits per heavy atom. The molecule has 4 rings (SSSR count). The number of carbonyl (C=O) groups is 1. The van der Waals surface area contributed by atoms with Crippen LogP contribution in [0.1, 0.15) is 6.92 Å². The maximum absolute atomic E-state index is 12.8. The first-order valence-electron chi connectivity index (χ1n) is 10.7. The largest absolute Gasteiger partial charge is 0.497 e. The number of halogens is 2. The number of rotatable bonds is 8. The van der Waals surface area contributed by atoms with E-state index in [4.69, 9.17) is 37.7 Å². The molecule has 6 nitrogen and oxygen atoms in total. The summed E-state index contributed by atoms with van der Waals surface area (Å²) >= 11 is 13.4. The van der Waals surface area contributed by atoms with Crippen molar-refractivity contribution in [1.82, 2.24) is 9.97 Å². The minimum atomic E-state index is -0.439. The molecule has 0 fully saturated rings. The predicted molar refractivity (Wildman–Crippen MR) is 143 cm³/mol. The Labute approximate surface area is 218 Å².